The first-order valence-corrected chi connectivity index (χ1v) is 7.21. The molecule has 1 heterocycles. The molecular formula is C14H16BrFN2O2. The Bertz CT molecular complexity index is 550. The fraction of sp³-hybridized carbons (Fsp3) is 0.429. The van der Waals surface area contributed by atoms with E-state index in [0.29, 0.717) is 29.7 Å². The number of nitrogens with zero attached hydrogens (tertiary/aromatic N) is 2. The Morgan fingerprint density at radius 2 is 2.05 bits per heavy atom. The van der Waals surface area contributed by atoms with Crippen molar-refractivity contribution in [1.82, 2.24) is 9.80 Å². The lowest BCUT2D eigenvalue weighted by molar-refractivity contribution is -0.131. The van der Waals surface area contributed by atoms with Crippen molar-refractivity contribution in [2.24, 2.45) is 0 Å². The molecule has 1 saturated heterocycles. The topological polar surface area (TPSA) is 40.6 Å². The van der Waals surface area contributed by atoms with Crippen molar-refractivity contribution >= 4 is 27.7 Å². The van der Waals surface area contributed by atoms with Crippen LogP contribution in [-0.4, -0.2) is 47.3 Å². The molecule has 0 saturated carbocycles. The van der Waals surface area contributed by atoms with Gasteiger partial charge >= 0.3 is 0 Å². The van der Waals surface area contributed by atoms with E-state index in [1.807, 2.05) is 6.92 Å². The van der Waals surface area contributed by atoms with Crippen LogP contribution in [0.5, 0.6) is 0 Å². The van der Waals surface area contributed by atoms with E-state index in [2.05, 4.69) is 15.9 Å². The molecule has 1 aromatic rings. The van der Waals surface area contributed by atoms with Gasteiger partial charge in [0.25, 0.3) is 5.91 Å². The number of hydrogen-bond acceptors (Lipinski definition) is 2. The Morgan fingerprint density at radius 3 is 2.60 bits per heavy atom. The van der Waals surface area contributed by atoms with Crippen LogP contribution in [0.2, 0.25) is 0 Å². The summed E-state index contributed by atoms with van der Waals surface area (Å²) in [5, 5.41) is 0. The number of benzene rings is 1. The van der Waals surface area contributed by atoms with Gasteiger partial charge in [0.15, 0.2) is 0 Å². The molecule has 0 spiro atoms. The van der Waals surface area contributed by atoms with Crippen LogP contribution in [0, 0.1) is 5.82 Å². The summed E-state index contributed by atoms with van der Waals surface area (Å²) in [4.78, 5) is 27.3. The zero-order chi connectivity index (χ0) is 14.9. The maximum absolute atomic E-state index is 13.1. The van der Waals surface area contributed by atoms with Crippen molar-refractivity contribution in [1.29, 1.82) is 0 Å². The van der Waals surface area contributed by atoms with Crippen LogP contribution < -0.4 is 0 Å². The second kappa shape index (κ2) is 5.91. The lowest BCUT2D eigenvalue weighted by Crippen LogP contribution is -2.55. The summed E-state index contributed by atoms with van der Waals surface area (Å²) in [5.41, 5.74) is 0.439. The first-order chi connectivity index (χ1) is 9.40. The van der Waals surface area contributed by atoms with E-state index in [-0.39, 0.29) is 23.7 Å². The molecule has 20 heavy (non-hydrogen) atoms. The molecule has 0 bridgehead atoms. The van der Waals surface area contributed by atoms with Crippen LogP contribution >= 0.6 is 15.9 Å². The van der Waals surface area contributed by atoms with Gasteiger partial charge in [-0.2, -0.15) is 0 Å². The molecule has 0 radical (unpaired) electrons. The SMILES string of the molecule is CC(=O)N1CCN(C(=O)c2ccc(F)cc2Br)[C@H](C)C1. The number of carbonyl (C=O) groups is 2. The van der Waals surface area contributed by atoms with Crippen molar-refractivity contribution < 1.29 is 14.0 Å². The second-order valence-corrected chi connectivity index (χ2v) is 5.79. The fourth-order valence-electron chi connectivity index (χ4n) is 2.36. The fourth-order valence-corrected chi connectivity index (χ4v) is 2.88. The standard InChI is InChI=1S/C14H16BrFN2O2/c1-9-8-17(10(2)19)5-6-18(9)14(20)12-4-3-11(16)7-13(12)15/h3-4,7,9H,5-6,8H2,1-2H3/t9-/m1/s1. The average molecular weight is 343 g/mol. The number of amides is 2. The number of piperazine rings is 1. The summed E-state index contributed by atoms with van der Waals surface area (Å²) in [5.74, 6) is -0.512. The van der Waals surface area contributed by atoms with E-state index in [1.165, 1.54) is 25.1 Å². The molecule has 108 valence electrons. The Labute approximate surface area is 125 Å². The number of rotatable bonds is 1. The molecule has 0 unspecified atom stereocenters. The Balaban J connectivity index is 2.16. The number of hydrogen-bond donors (Lipinski definition) is 0. The van der Waals surface area contributed by atoms with E-state index in [0.717, 1.165) is 0 Å². The summed E-state index contributed by atoms with van der Waals surface area (Å²) < 4.78 is 13.5. The van der Waals surface area contributed by atoms with E-state index in [4.69, 9.17) is 0 Å². The van der Waals surface area contributed by atoms with Gasteiger partial charge in [0.1, 0.15) is 5.82 Å². The van der Waals surface area contributed by atoms with Gasteiger partial charge in [0.2, 0.25) is 5.91 Å². The highest BCUT2D eigenvalue weighted by molar-refractivity contribution is 9.10. The third-order valence-corrected chi connectivity index (χ3v) is 4.15. The number of carbonyl (C=O) groups excluding carboxylic acids is 2. The van der Waals surface area contributed by atoms with Gasteiger partial charge in [-0.05, 0) is 41.1 Å². The second-order valence-electron chi connectivity index (χ2n) is 4.94. The molecule has 6 heteroatoms. The van der Waals surface area contributed by atoms with E-state index < -0.39 is 0 Å². The third-order valence-electron chi connectivity index (χ3n) is 3.50. The smallest absolute Gasteiger partial charge is 0.255 e. The summed E-state index contributed by atoms with van der Waals surface area (Å²) >= 11 is 3.22. The van der Waals surface area contributed by atoms with Gasteiger partial charge < -0.3 is 9.80 Å². The molecule has 2 rings (SSSR count). The highest BCUT2D eigenvalue weighted by Crippen LogP contribution is 2.22. The Kier molecular flexibility index (Phi) is 4.42. The van der Waals surface area contributed by atoms with E-state index in [9.17, 15) is 14.0 Å². The van der Waals surface area contributed by atoms with Crippen molar-refractivity contribution in [2.45, 2.75) is 19.9 Å². The lowest BCUT2D eigenvalue weighted by Gasteiger charge is -2.39. The van der Waals surface area contributed by atoms with Gasteiger partial charge in [-0.3, -0.25) is 9.59 Å². The molecule has 1 aromatic carbocycles. The Hall–Kier alpha value is -1.43. The summed E-state index contributed by atoms with van der Waals surface area (Å²) in [6, 6.07) is 3.97. The van der Waals surface area contributed by atoms with Crippen LogP contribution in [0.1, 0.15) is 24.2 Å². The van der Waals surface area contributed by atoms with Crippen LogP contribution in [-0.2, 0) is 4.79 Å². The van der Waals surface area contributed by atoms with Crippen molar-refractivity contribution in [3.05, 3.63) is 34.1 Å². The van der Waals surface area contributed by atoms with Crippen molar-refractivity contribution in [3.8, 4) is 0 Å². The highest BCUT2D eigenvalue weighted by atomic mass is 79.9. The van der Waals surface area contributed by atoms with Crippen LogP contribution in [0.25, 0.3) is 0 Å². The third kappa shape index (κ3) is 3.00. The maximum atomic E-state index is 13.1. The predicted octanol–water partition coefficient (Wildman–Crippen LogP) is 2.28. The molecule has 1 aliphatic heterocycles. The van der Waals surface area contributed by atoms with Crippen LogP contribution in [0.3, 0.4) is 0 Å². The van der Waals surface area contributed by atoms with Crippen molar-refractivity contribution in [3.63, 3.8) is 0 Å². The molecule has 0 N–H and O–H groups in total. The maximum Gasteiger partial charge on any atom is 0.255 e. The minimum atomic E-state index is -0.386. The van der Waals surface area contributed by atoms with Gasteiger partial charge in [-0.25, -0.2) is 4.39 Å². The van der Waals surface area contributed by atoms with Crippen LogP contribution in [0.4, 0.5) is 4.39 Å². The molecule has 2 amide bonds. The minimum Gasteiger partial charge on any atom is -0.339 e. The van der Waals surface area contributed by atoms with Crippen LogP contribution in [0.15, 0.2) is 22.7 Å². The highest BCUT2D eigenvalue weighted by Gasteiger charge is 2.29. The quantitative estimate of drug-likeness (QED) is 0.785. The molecule has 0 aromatic heterocycles. The molecular weight excluding hydrogens is 327 g/mol. The molecule has 1 atom stereocenters. The lowest BCUT2D eigenvalue weighted by atomic mass is 10.1. The molecule has 4 nitrogen and oxygen atoms in total. The normalized spacial score (nSPS) is 19.1. The average Bonchev–Trinajstić information content (AvgIpc) is 2.37. The molecule has 1 aliphatic rings. The zero-order valence-electron chi connectivity index (χ0n) is 11.4. The largest absolute Gasteiger partial charge is 0.339 e. The summed E-state index contributed by atoms with van der Waals surface area (Å²) in [6.45, 7) is 4.98. The van der Waals surface area contributed by atoms with Gasteiger partial charge in [0.05, 0.1) is 5.56 Å². The molecule has 0 aliphatic carbocycles. The monoisotopic (exact) mass is 342 g/mol. The summed E-state index contributed by atoms with van der Waals surface area (Å²) in [7, 11) is 0. The predicted molar refractivity (Wildman–Crippen MR) is 76.9 cm³/mol. The molecule has 1 fully saturated rings. The zero-order valence-corrected chi connectivity index (χ0v) is 13.0. The Morgan fingerprint density at radius 1 is 1.35 bits per heavy atom. The van der Waals surface area contributed by atoms with Gasteiger partial charge in [-0.15, -0.1) is 0 Å². The van der Waals surface area contributed by atoms with Gasteiger partial charge in [-0.1, -0.05) is 0 Å². The summed E-state index contributed by atoms with van der Waals surface area (Å²) in [6.07, 6.45) is 0. The first kappa shape index (κ1) is 15.0. The number of halogens is 2. The van der Waals surface area contributed by atoms with Gasteiger partial charge in [0, 0.05) is 37.1 Å². The van der Waals surface area contributed by atoms with E-state index in [1.54, 1.807) is 9.80 Å². The van der Waals surface area contributed by atoms with Crippen molar-refractivity contribution in [2.75, 3.05) is 19.6 Å². The minimum absolute atomic E-state index is 0.0203. The first-order valence-electron chi connectivity index (χ1n) is 6.41. The van der Waals surface area contributed by atoms with E-state index >= 15 is 0 Å².